The zero-order valence-corrected chi connectivity index (χ0v) is 12.8. The van der Waals surface area contributed by atoms with Crippen molar-refractivity contribution in [1.82, 2.24) is 4.98 Å². The lowest BCUT2D eigenvalue weighted by Gasteiger charge is -2.27. The average molecular weight is 319 g/mol. The largest absolute Gasteiger partial charge is 0.353 e. The van der Waals surface area contributed by atoms with Gasteiger partial charge in [0.2, 0.25) is 0 Å². The highest BCUT2D eigenvalue weighted by atomic mass is 79.9. The predicted molar refractivity (Wildman–Crippen MR) is 85.1 cm³/mol. The number of hydrogen-bond acceptors (Lipinski definition) is 2. The Bertz CT molecular complexity index is 562. The van der Waals surface area contributed by atoms with Gasteiger partial charge in [0, 0.05) is 29.0 Å². The number of halogens is 1. The van der Waals surface area contributed by atoms with Gasteiger partial charge in [0.05, 0.1) is 0 Å². The van der Waals surface area contributed by atoms with E-state index in [0.29, 0.717) is 10.9 Å². The average Bonchev–Trinajstić information content (AvgIpc) is 2.85. The van der Waals surface area contributed by atoms with Crippen LogP contribution < -0.4 is 4.90 Å². The number of aromatic nitrogens is 1. The van der Waals surface area contributed by atoms with Gasteiger partial charge >= 0.3 is 0 Å². The van der Waals surface area contributed by atoms with Crippen molar-refractivity contribution in [3.05, 3.63) is 36.5 Å². The third-order valence-electron chi connectivity index (χ3n) is 3.90. The van der Waals surface area contributed by atoms with Crippen LogP contribution in [0.25, 0.3) is 10.8 Å². The van der Waals surface area contributed by atoms with E-state index in [2.05, 4.69) is 63.1 Å². The highest BCUT2D eigenvalue weighted by Crippen LogP contribution is 2.32. The van der Waals surface area contributed by atoms with Gasteiger partial charge in [-0.05, 0) is 30.7 Å². The van der Waals surface area contributed by atoms with Crippen molar-refractivity contribution >= 4 is 32.5 Å². The highest BCUT2D eigenvalue weighted by Gasteiger charge is 2.27. The molecule has 0 amide bonds. The van der Waals surface area contributed by atoms with E-state index in [-0.39, 0.29) is 0 Å². The Labute approximate surface area is 123 Å². The topological polar surface area (TPSA) is 16.1 Å². The summed E-state index contributed by atoms with van der Waals surface area (Å²) in [7, 11) is 0. The number of pyridine rings is 1. The second kappa shape index (κ2) is 5.49. The molecule has 0 saturated carbocycles. The van der Waals surface area contributed by atoms with Gasteiger partial charge in [-0.25, -0.2) is 4.98 Å². The SMILES string of the molecule is CC(Br)CC1CCCN1c1nccc2ccccc12. The summed E-state index contributed by atoms with van der Waals surface area (Å²) in [6.07, 6.45) is 5.67. The maximum atomic E-state index is 4.66. The normalized spacial score (nSPS) is 20.9. The molecule has 0 spiro atoms. The van der Waals surface area contributed by atoms with Crippen molar-refractivity contribution in [1.29, 1.82) is 0 Å². The Kier molecular flexibility index (Phi) is 3.74. The van der Waals surface area contributed by atoms with E-state index in [0.717, 1.165) is 12.4 Å². The number of anilines is 1. The van der Waals surface area contributed by atoms with E-state index in [1.807, 2.05) is 6.20 Å². The molecule has 2 atom stereocenters. The first kappa shape index (κ1) is 12.9. The third-order valence-corrected chi connectivity index (χ3v) is 4.27. The Morgan fingerprint density at radius 1 is 1.37 bits per heavy atom. The van der Waals surface area contributed by atoms with E-state index in [1.165, 1.54) is 30.0 Å². The zero-order chi connectivity index (χ0) is 13.2. The molecule has 0 radical (unpaired) electrons. The molecule has 1 aromatic carbocycles. The standard InChI is InChI=1S/C16H19BrN2/c1-12(17)11-14-6-4-10-19(14)16-15-7-3-2-5-13(15)8-9-18-16/h2-3,5,7-9,12,14H,4,6,10-11H2,1H3. The van der Waals surface area contributed by atoms with Gasteiger partial charge in [-0.15, -0.1) is 0 Å². The lowest BCUT2D eigenvalue weighted by molar-refractivity contribution is 0.609. The maximum Gasteiger partial charge on any atom is 0.136 e. The number of fused-ring (bicyclic) bond motifs is 1. The smallest absolute Gasteiger partial charge is 0.136 e. The van der Waals surface area contributed by atoms with Gasteiger partial charge in [-0.2, -0.15) is 0 Å². The maximum absolute atomic E-state index is 4.66. The molecule has 2 nitrogen and oxygen atoms in total. The molecule has 3 heteroatoms. The van der Waals surface area contributed by atoms with Crippen LogP contribution in [0.5, 0.6) is 0 Å². The molecule has 19 heavy (non-hydrogen) atoms. The molecular weight excluding hydrogens is 300 g/mol. The zero-order valence-electron chi connectivity index (χ0n) is 11.2. The summed E-state index contributed by atoms with van der Waals surface area (Å²) >= 11 is 3.69. The summed E-state index contributed by atoms with van der Waals surface area (Å²) in [6.45, 7) is 3.36. The molecule has 2 aromatic rings. The third kappa shape index (κ3) is 2.62. The fraction of sp³-hybridized carbons (Fsp3) is 0.438. The number of benzene rings is 1. The molecule has 2 heterocycles. The van der Waals surface area contributed by atoms with Crippen LogP contribution in [0.3, 0.4) is 0 Å². The van der Waals surface area contributed by atoms with Crippen molar-refractivity contribution in [2.45, 2.75) is 37.1 Å². The highest BCUT2D eigenvalue weighted by molar-refractivity contribution is 9.09. The summed E-state index contributed by atoms with van der Waals surface area (Å²) in [5.74, 6) is 1.16. The second-order valence-corrected chi connectivity index (χ2v) is 6.92. The van der Waals surface area contributed by atoms with Crippen LogP contribution in [0.2, 0.25) is 0 Å². The first-order valence-electron chi connectivity index (χ1n) is 7.00. The van der Waals surface area contributed by atoms with Gasteiger partial charge in [0.25, 0.3) is 0 Å². The Morgan fingerprint density at radius 2 is 2.21 bits per heavy atom. The first-order valence-corrected chi connectivity index (χ1v) is 7.92. The number of nitrogens with zero attached hydrogens (tertiary/aromatic N) is 2. The number of rotatable bonds is 3. The van der Waals surface area contributed by atoms with Crippen molar-refractivity contribution in [3.8, 4) is 0 Å². The summed E-state index contributed by atoms with van der Waals surface area (Å²) in [5, 5.41) is 2.56. The molecule has 0 N–H and O–H groups in total. The predicted octanol–water partition coefficient (Wildman–Crippen LogP) is 4.38. The molecule has 0 aliphatic carbocycles. The van der Waals surface area contributed by atoms with Gasteiger partial charge in [-0.1, -0.05) is 47.1 Å². The second-order valence-electron chi connectivity index (χ2n) is 5.36. The van der Waals surface area contributed by atoms with E-state index < -0.39 is 0 Å². The van der Waals surface area contributed by atoms with Crippen LogP contribution in [-0.4, -0.2) is 22.4 Å². The van der Waals surface area contributed by atoms with Crippen LogP contribution in [0.15, 0.2) is 36.5 Å². The van der Waals surface area contributed by atoms with Gasteiger partial charge < -0.3 is 4.90 Å². The van der Waals surface area contributed by atoms with E-state index in [1.54, 1.807) is 0 Å². The van der Waals surface area contributed by atoms with Crippen molar-refractivity contribution in [3.63, 3.8) is 0 Å². The monoisotopic (exact) mass is 318 g/mol. The Morgan fingerprint density at radius 3 is 3.05 bits per heavy atom. The summed E-state index contributed by atoms with van der Waals surface area (Å²) in [6, 6.07) is 11.3. The molecule has 1 fully saturated rings. The van der Waals surface area contributed by atoms with Gasteiger partial charge in [0.1, 0.15) is 5.82 Å². The number of alkyl halides is 1. The van der Waals surface area contributed by atoms with E-state index in [9.17, 15) is 0 Å². The fourth-order valence-electron chi connectivity index (χ4n) is 3.07. The summed E-state index contributed by atoms with van der Waals surface area (Å²) in [4.78, 5) is 7.72. The molecular formula is C16H19BrN2. The molecule has 1 aliphatic heterocycles. The van der Waals surface area contributed by atoms with Gasteiger partial charge in [0.15, 0.2) is 0 Å². The molecule has 0 bridgehead atoms. The van der Waals surface area contributed by atoms with Gasteiger partial charge in [-0.3, -0.25) is 0 Å². The summed E-state index contributed by atoms with van der Waals surface area (Å²) in [5.41, 5.74) is 0. The van der Waals surface area contributed by atoms with Crippen LogP contribution >= 0.6 is 15.9 Å². The Hall–Kier alpha value is -1.09. The first-order chi connectivity index (χ1) is 9.25. The minimum absolute atomic E-state index is 0.563. The summed E-state index contributed by atoms with van der Waals surface area (Å²) < 4.78 is 0. The molecule has 2 unspecified atom stereocenters. The molecule has 1 aliphatic rings. The minimum Gasteiger partial charge on any atom is -0.353 e. The minimum atomic E-state index is 0.563. The van der Waals surface area contributed by atoms with Crippen molar-refractivity contribution in [2.24, 2.45) is 0 Å². The van der Waals surface area contributed by atoms with E-state index >= 15 is 0 Å². The number of hydrogen-bond donors (Lipinski definition) is 0. The van der Waals surface area contributed by atoms with Crippen LogP contribution in [0, 0.1) is 0 Å². The molecule has 1 saturated heterocycles. The van der Waals surface area contributed by atoms with Crippen molar-refractivity contribution < 1.29 is 0 Å². The van der Waals surface area contributed by atoms with Crippen molar-refractivity contribution in [2.75, 3.05) is 11.4 Å². The van der Waals surface area contributed by atoms with Crippen LogP contribution in [-0.2, 0) is 0 Å². The van der Waals surface area contributed by atoms with Crippen LogP contribution in [0.4, 0.5) is 5.82 Å². The molecule has 100 valence electrons. The lowest BCUT2D eigenvalue weighted by atomic mass is 10.1. The molecule has 1 aromatic heterocycles. The lowest BCUT2D eigenvalue weighted by Crippen LogP contribution is -2.31. The molecule has 3 rings (SSSR count). The Balaban J connectivity index is 1.99. The van der Waals surface area contributed by atoms with E-state index in [4.69, 9.17) is 0 Å². The van der Waals surface area contributed by atoms with Crippen LogP contribution in [0.1, 0.15) is 26.2 Å². The quantitative estimate of drug-likeness (QED) is 0.781. The fourth-order valence-corrected chi connectivity index (χ4v) is 3.50.